The predicted octanol–water partition coefficient (Wildman–Crippen LogP) is 2.62. The van der Waals surface area contributed by atoms with E-state index in [1.807, 2.05) is 18.2 Å². The van der Waals surface area contributed by atoms with Gasteiger partial charge in [-0.15, -0.1) is 0 Å². The van der Waals surface area contributed by atoms with E-state index >= 15 is 0 Å². The SMILES string of the molecule is CSCCN(C)CC(O)c1ccc(OC(F)F)cc1. The van der Waals surface area contributed by atoms with Gasteiger partial charge in [0.25, 0.3) is 0 Å². The number of benzene rings is 1. The smallest absolute Gasteiger partial charge is 0.387 e. The molecule has 0 aromatic heterocycles. The summed E-state index contributed by atoms with van der Waals surface area (Å²) in [7, 11) is 1.94. The molecule has 3 nitrogen and oxygen atoms in total. The van der Waals surface area contributed by atoms with Crippen LogP contribution < -0.4 is 4.74 Å². The molecule has 0 heterocycles. The zero-order chi connectivity index (χ0) is 14.3. The van der Waals surface area contributed by atoms with Gasteiger partial charge in [-0.1, -0.05) is 12.1 Å². The molecule has 0 aliphatic heterocycles. The number of ether oxygens (including phenoxy) is 1. The van der Waals surface area contributed by atoms with Crippen molar-refractivity contribution in [2.75, 3.05) is 32.1 Å². The zero-order valence-corrected chi connectivity index (χ0v) is 11.9. The average molecular weight is 291 g/mol. The molecule has 19 heavy (non-hydrogen) atoms. The predicted molar refractivity (Wildman–Crippen MR) is 73.9 cm³/mol. The summed E-state index contributed by atoms with van der Waals surface area (Å²) in [5, 5.41) is 10.0. The molecule has 0 aliphatic carbocycles. The Kier molecular flexibility index (Phi) is 7.12. The van der Waals surface area contributed by atoms with Crippen molar-refractivity contribution in [1.29, 1.82) is 0 Å². The summed E-state index contributed by atoms with van der Waals surface area (Å²) < 4.78 is 28.2. The number of aliphatic hydroxyl groups is 1. The maximum atomic E-state index is 12.0. The minimum Gasteiger partial charge on any atom is -0.435 e. The Balaban J connectivity index is 2.50. The molecule has 108 valence electrons. The third-order valence-corrected chi connectivity index (χ3v) is 3.24. The fourth-order valence-corrected chi connectivity index (χ4v) is 2.10. The summed E-state index contributed by atoms with van der Waals surface area (Å²) in [6, 6.07) is 6.08. The van der Waals surface area contributed by atoms with Crippen LogP contribution in [0.4, 0.5) is 8.78 Å². The second kappa shape index (κ2) is 8.35. The van der Waals surface area contributed by atoms with Crippen LogP contribution in [0.1, 0.15) is 11.7 Å². The monoisotopic (exact) mass is 291 g/mol. The van der Waals surface area contributed by atoms with Crippen molar-refractivity contribution in [3.63, 3.8) is 0 Å². The van der Waals surface area contributed by atoms with Crippen molar-refractivity contribution in [3.05, 3.63) is 29.8 Å². The standard InChI is InChI=1S/C13H19F2NO2S/c1-16(7-8-19-2)9-12(17)10-3-5-11(6-4-10)18-13(14)15/h3-6,12-13,17H,7-9H2,1-2H3. The summed E-state index contributed by atoms with van der Waals surface area (Å²) in [6.07, 6.45) is 1.40. The normalized spacial score (nSPS) is 13.0. The molecule has 0 fully saturated rings. The summed E-state index contributed by atoms with van der Waals surface area (Å²) in [4.78, 5) is 2.03. The van der Waals surface area contributed by atoms with E-state index < -0.39 is 12.7 Å². The van der Waals surface area contributed by atoms with Crippen LogP contribution in [0.15, 0.2) is 24.3 Å². The summed E-state index contributed by atoms with van der Waals surface area (Å²) in [6.45, 7) is -1.42. The second-order valence-electron chi connectivity index (χ2n) is 4.22. The number of aliphatic hydroxyl groups excluding tert-OH is 1. The van der Waals surface area contributed by atoms with E-state index in [-0.39, 0.29) is 5.75 Å². The molecule has 0 saturated heterocycles. The zero-order valence-electron chi connectivity index (χ0n) is 11.1. The van der Waals surface area contributed by atoms with Gasteiger partial charge in [-0.2, -0.15) is 20.5 Å². The first-order chi connectivity index (χ1) is 9.02. The molecule has 0 bridgehead atoms. The minimum absolute atomic E-state index is 0.0988. The fraction of sp³-hybridized carbons (Fsp3) is 0.538. The lowest BCUT2D eigenvalue weighted by Crippen LogP contribution is -2.26. The number of hydrogen-bond donors (Lipinski definition) is 1. The molecule has 0 aliphatic rings. The molecule has 1 N–H and O–H groups in total. The van der Waals surface area contributed by atoms with Crippen molar-refractivity contribution in [3.8, 4) is 5.75 Å². The summed E-state index contributed by atoms with van der Waals surface area (Å²) in [5.74, 6) is 1.10. The molecule has 0 spiro atoms. The molecule has 0 radical (unpaired) electrons. The first kappa shape index (κ1) is 16.2. The van der Waals surface area contributed by atoms with Crippen molar-refractivity contribution < 1.29 is 18.6 Å². The van der Waals surface area contributed by atoms with Crippen molar-refractivity contribution in [1.82, 2.24) is 4.90 Å². The van der Waals surface area contributed by atoms with Gasteiger partial charge in [0.15, 0.2) is 0 Å². The van der Waals surface area contributed by atoms with Gasteiger partial charge < -0.3 is 14.7 Å². The highest BCUT2D eigenvalue weighted by Gasteiger charge is 2.11. The number of halogens is 2. The lowest BCUT2D eigenvalue weighted by atomic mass is 10.1. The summed E-state index contributed by atoms with van der Waals surface area (Å²) in [5.41, 5.74) is 0.692. The van der Waals surface area contributed by atoms with Crippen LogP contribution in [0.25, 0.3) is 0 Å². The van der Waals surface area contributed by atoms with Gasteiger partial charge in [0.1, 0.15) is 5.75 Å². The lowest BCUT2D eigenvalue weighted by molar-refractivity contribution is -0.0498. The molecule has 1 unspecified atom stereocenters. The number of thioether (sulfide) groups is 1. The largest absolute Gasteiger partial charge is 0.435 e. The molecule has 1 atom stereocenters. The Morgan fingerprint density at radius 2 is 1.95 bits per heavy atom. The topological polar surface area (TPSA) is 32.7 Å². The lowest BCUT2D eigenvalue weighted by Gasteiger charge is -2.20. The molecule has 1 aromatic rings. The molecule has 1 rings (SSSR count). The first-order valence-electron chi connectivity index (χ1n) is 5.93. The van der Waals surface area contributed by atoms with E-state index in [4.69, 9.17) is 0 Å². The van der Waals surface area contributed by atoms with Gasteiger partial charge in [0.2, 0.25) is 0 Å². The van der Waals surface area contributed by atoms with E-state index in [0.29, 0.717) is 12.1 Å². The van der Waals surface area contributed by atoms with Crippen LogP contribution in [0.3, 0.4) is 0 Å². The highest BCUT2D eigenvalue weighted by atomic mass is 32.2. The van der Waals surface area contributed by atoms with Gasteiger partial charge in [-0.05, 0) is 31.0 Å². The van der Waals surface area contributed by atoms with Crippen LogP contribution in [0.2, 0.25) is 0 Å². The van der Waals surface area contributed by atoms with Gasteiger partial charge in [-0.25, -0.2) is 0 Å². The minimum atomic E-state index is -2.83. The third-order valence-electron chi connectivity index (χ3n) is 2.65. The van der Waals surface area contributed by atoms with Crippen molar-refractivity contribution in [2.24, 2.45) is 0 Å². The molecule has 6 heteroatoms. The highest BCUT2D eigenvalue weighted by Crippen LogP contribution is 2.19. The fourth-order valence-electron chi connectivity index (χ4n) is 1.61. The van der Waals surface area contributed by atoms with Crippen LogP contribution in [-0.4, -0.2) is 48.8 Å². The number of likely N-dealkylation sites (N-methyl/N-ethyl adjacent to an activating group) is 1. The van der Waals surface area contributed by atoms with Crippen LogP contribution in [0.5, 0.6) is 5.75 Å². The van der Waals surface area contributed by atoms with E-state index in [1.54, 1.807) is 23.9 Å². The molecule has 0 amide bonds. The molecule has 0 saturated carbocycles. The Bertz CT molecular complexity index is 362. The van der Waals surface area contributed by atoms with Crippen LogP contribution in [0, 0.1) is 0 Å². The number of hydrogen-bond acceptors (Lipinski definition) is 4. The maximum absolute atomic E-state index is 12.0. The van der Waals surface area contributed by atoms with E-state index in [2.05, 4.69) is 4.74 Å². The van der Waals surface area contributed by atoms with Gasteiger partial charge >= 0.3 is 6.61 Å². The van der Waals surface area contributed by atoms with Crippen molar-refractivity contribution >= 4 is 11.8 Å². The Hall–Kier alpha value is -0.850. The van der Waals surface area contributed by atoms with Gasteiger partial charge in [0, 0.05) is 18.8 Å². The molecular formula is C13H19F2NO2S. The van der Waals surface area contributed by atoms with Gasteiger partial charge in [-0.3, -0.25) is 0 Å². The van der Waals surface area contributed by atoms with E-state index in [1.165, 1.54) is 12.1 Å². The number of rotatable bonds is 8. The average Bonchev–Trinajstić information content (AvgIpc) is 2.36. The van der Waals surface area contributed by atoms with Crippen LogP contribution in [-0.2, 0) is 0 Å². The quantitative estimate of drug-likeness (QED) is 0.798. The summed E-state index contributed by atoms with van der Waals surface area (Å²) >= 11 is 1.75. The second-order valence-corrected chi connectivity index (χ2v) is 5.20. The molecular weight excluding hydrogens is 272 g/mol. The first-order valence-corrected chi connectivity index (χ1v) is 7.32. The van der Waals surface area contributed by atoms with Gasteiger partial charge in [0.05, 0.1) is 6.10 Å². The number of nitrogens with zero attached hydrogens (tertiary/aromatic N) is 1. The Morgan fingerprint density at radius 1 is 1.32 bits per heavy atom. The van der Waals surface area contributed by atoms with Crippen molar-refractivity contribution in [2.45, 2.75) is 12.7 Å². The van der Waals surface area contributed by atoms with E-state index in [9.17, 15) is 13.9 Å². The molecule has 1 aromatic carbocycles. The number of alkyl halides is 2. The van der Waals surface area contributed by atoms with E-state index in [0.717, 1.165) is 12.3 Å². The Morgan fingerprint density at radius 3 is 2.47 bits per heavy atom. The van der Waals surface area contributed by atoms with Crippen LogP contribution >= 0.6 is 11.8 Å². The maximum Gasteiger partial charge on any atom is 0.387 e. The Labute approximate surface area is 116 Å². The third kappa shape index (κ3) is 6.22. The highest BCUT2D eigenvalue weighted by molar-refractivity contribution is 7.98.